The maximum Gasteiger partial charge on any atom is 0.273 e. The highest BCUT2D eigenvalue weighted by molar-refractivity contribution is 6.05. The molecular weight excluding hydrogens is 312 g/mol. The molecule has 1 fully saturated rings. The summed E-state index contributed by atoms with van der Waals surface area (Å²) in [5.74, 6) is 0.443. The molecule has 5 nitrogen and oxygen atoms in total. The van der Waals surface area contributed by atoms with Crippen LogP contribution >= 0.6 is 0 Å². The van der Waals surface area contributed by atoms with Crippen LogP contribution in [0.2, 0.25) is 0 Å². The Morgan fingerprint density at radius 1 is 1.16 bits per heavy atom. The van der Waals surface area contributed by atoms with Gasteiger partial charge in [-0.05, 0) is 31.0 Å². The van der Waals surface area contributed by atoms with E-state index in [4.69, 9.17) is 5.73 Å². The van der Waals surface area contributed by atoms with Crippen molar-refractivity contribution in [3.8, 4) is 0 Å². The van der Waals surface area contributed by atoms with E-state index in [1.165, 1.54) is 5.56 Å². The lowest BCUT2D eigenvalue weighted by Gasteiger charge is -2.17. The van der Waals surface area contributed by atoms with Gasteiger partial charge in [0.15, 0.2) is 0 Å². The molecule has 2 aromatic carbocycles. The van der Waals surface area contributed by atoms with Gasteiger partial charge < -0.3 is 10.6 Å². The van der Waals surface area contributed by atoms with Gasteiger partial charge in [-0.1, -0.05) is 42.0 Å². The molecule has 1 unspecified atom stereocenters. The number of hydrogen-bond donors (Lipinski definition) is 1. The summed E-state index contributed by atoms with van der Waals surface area (Å²) in [6.07, 6.45) is 0.966. The van der Waals surface area contributed by atoms with Crippen molar-refractivity contribution in [1.82, 2.24) is 14.9 Å². The average Bonchev–Trinajstić information content (AvgIpc) is 3.12. The van der Waals surface area contributed by atoms with Gasteiger partial charge in [0.25, 0.3) is 5.91 Å². The lowest BCUT2D eigenvalue weighted by atomic mass is 9.99. The number of hydrogen-bond acceptors (Lipinski definition) is 4. The summed E-state index contributed by atoms with van der Waals surface area (Å²) in [5.41, 5.74) is 9.28. The number of fused-ring (bicyclic) bond motifs is 1. The molecule has 3 aromatic rings. The highest BCUT2D eigenvalue weighted by atomic mass is 16.2. The first-order valence-corrected chi connectivity index (χ1v) is 8.50. The van der Waals surface area contributed by atoms with Gasteiger partial charge in [0.2, 0.25) is 5.95 Å². The van der Waals surface area contributed by atoms with Crippen molar-refractivity contribution in [2.75, 3.05) is 18.8 Å². The molecule has 1 aliphatic heterocycles. The predicted molar refractivity (Wildman–Crippen MR) is 98.4 cm³/mol. The lowest BCUT2D eigenvalue weighted by Crippen LogP contribution is -2.29. The summed E-state index contributed by atoms with van der Waals surface area (Å²) in [5, 5.41) is 0.766. The highest BCUT2D eigenvalue weighted by Gasteiger charge is 2.29. The van der Waals surface area contributed by atoms with Crippen LogP contribution in [-0.4, -0.2) is 33.9 Å². The molecule has 25 heavy (non-hydrogen) atoms. The zero-order chi connectivity index (χ0) is 17.4. The first kappa shape index (κ1) is 15.6. The minimum absolute atomic E-state index is 0.0665. The quantitative estimate of drug-likeness (QED) is 0.782. The molecular formula is C20H20N4O. The van der Waals surface area contributed by atoms with Gasteiger partial charge in [0, 0.05) is 24.4 Å². The second-order valence-electron chi connectivity index (χ2n) is 6.60. The number of nitrogens with zero attached hydrogens (tertiary/aromatic N) is 3. The van der Waals surface area contributed by atoms with Crippen molar-refractivity contribution in [2.45, 2.75) is 19.3 Å². The van der Waals surface area contributed by atoms with E-state index in [9.17, 15) is 4.79 Å². The summed E-state index contributed by atoms with van der Waals surface area (Å²) >= 11 is 0. The molecule has 0 bridgehead atoms. The Bertz CT molecular complexity index is 939. The average molecular weight is 332 g/mol. The van der Waals surface area contributed by atoms with Crippen LogP contribution in [0.25, 0.3) is 10.9 Å². The maximum absolute atomic E-state index is 13.1. The number of anilines is 1. The lowest BCUT2D eigenvalue weighted by molar-refractivity contribution is 0.0787. The molecule has 2 N–H and O–H groups in total. The fraction of sp³-hybridized carbons (Fsp3) is 0.250. The van der Waals surface area contributed by atoms with Crippen molar-refractivity contribution >= 4 is 22.8 Å². The topological polar surface area (TPSA) is 72.1 Å². The van der Waals surface area contributed by atoms with Gasteiger partial charge in [-0.2, -0.15) is 0 Å². The van der Waals surface area contributed by atoms with Crippen LogP contribution in [0.3, 0.4) is 0 Å². The van der Waals surface area contributed by atoms with Crippen LogP contribution in [0, 0.1) is 6.92 Å². The number of nitrogens with two attached hydrogens (primary N) is 1. The molecule has 0 saturated carbocycles. The zero-order valence-electron chi connectivity index (χ0n) is 14.1. The molecule has 0 radical (unpaired) electrons. The van der Waals surface area contributed by atoms with Gasteiger partial charge in [-0.3, -0.25) is 4.79 Å². The van der Waals surface area contributed by atoms with Crippen molar-refractivity contribution < 1.29 is 4.79 Å². The summed E-state index contributed by atoms with van der Waals surface area (Å²) in [7, 11) is 0. The third-order valence-corrected chi connectivity index (χ3v) is 4.82. The number of rotatable bonds is 2. The standard InChI is InChI=1S/C20H20N4O/c1-13-7-8-17-16(11-13)18(23-20(21)22-17)19(25)24-10-9-15(12-24)14-5-3-2-4-6-14/h2-8,11,15H,9-10,12H2,1H3,(H2,21,22,23). The van der Waals surface area contributed by atoms with E-state index in [1.54, 1.807) is 0 Å². The summed E-state index contributed by atoms with van der Waals surface area (Å²) in [6.45, 7) is 3.43. The predicted octanol–water partition coefficient (Wildman–Crippen LogP) is 3.15. The minimum Gasteiger partial charge on any atom is -0.368 e. The van der Waals surface area contributed by atoms with Crippen LogP contribution in [0.1, 0.15) is 34.0 Å². The molecule has 0 spiro atoms. The normalized spacial score (nSPS) is 17.2. The minimum atomic E-state index is -0.0665. The van der Waals surface area contributed by atoms with Crippen molar-refractivity contribution in [3.05, 3.63) is 65.4 Å². The van der Waals surface area contributed by atoms with Crippen molar-refractivity contribution in [3.63, 3.8) is 0 Å². The number of nitrogen functional groups attached to an aromatic ring is 1. The number of likely N-dealkylation sites (tertiary alicyclic amines) is 1. The second kappa shape index (κ2) is 6.16. The van der Waals surface area contributed by atoms with E-state index in [-0.39, 0.29) is 11.9 Å². The summed E-state index contributed by atoms with van der Waals surface area (Å²) in [6, 6.07) is 16.1. The van der Waals surface area contributed by atoms with E-state index in [0.29, 0.717) is 23.7 Å². The third-order valence-electron chi connectivity index (χ3n) is 4.82. The number of carbonyl (C=O) groups excluding carboxylic acids is 1. The molecule has 2 heterocycles. The number of aryl methyl sites for hydroxylation is 1. The van der Waals surface area contributed by atoms with Crippen LogP contribution in [0.4, 0.5) is 5.95 Å². The Morgan fingerprint density at radius 2 is 1.96 bits per heavy atom. The summed E-state index contributed by atoms with van der Waals surface area (Å²) < 4.78 is 0. The monoisotopic (exact) mass is 332 g/mol. The number of benzene rings is 2. The third kappa shape index (κ3) is 2.93. The van der Waals surface area contributed by atoms with Crippen molar-refractivity contribution in [2.24, 2.45) is 0 Å². The fourth-order valence-electron chi connectivity index (χ4n) is 3.52. The SMILES string of the molecule is Cc1ccc2nc(N)nc(C(=O)N3CCC(c4ccccc4)C3)c2c1. The Labute approximate surface area is 146 Å². The van der Waals surface area contributed by atoms with Crippen LogP contribution in [0.5, 0.6) is 0 Å². The zero-order valence-corrected chi connectivity index (χ0v) is 14.1. The second-order valence-corrected chi connectivity index (χ2v) is 6.60. The molecule has 1 aromatic heterocycles. The van der Waals surface area contributed by atoms with Crippen LogP contribution in [0.15, 0.2) is 48.5 Å². The maximum atomic E-state index is 13.1. The van der Waals surface area contributed by atoms with Crippen molar-refractivity contribution in [1.29, 1.82) is 0 Å². The molecule has 126 valence electrons. The first-order valence-electron chi connectivity index (χ1n) is 8.50. The molecule has 4 rings (SSSR count). The molecule has 5 heteroatoms. The Balaban J connectivity index is 1.66. The molecule has 1 amide bonds. The van der Waals surface area contributed by atoms with E-state index in [1.807, 2.05) is 48.2 Å². The van der Waals surface area contributed by atoms with E-state index in [2.05, 4.69) is 22.1 Å². The number of carbonyl (C=O) groups is 1. The summed E-state index contributed by atoms with van der Waals surface area (Å²) in [4.78, 5) is 23.5. The van der Waals surface area contributed by atoms with Crippen LogP contribution < -0.4 is 5.73 Å². The smallest absolute Gasteiger partial charge is 0.273 e. The molecule has 1 aliphatic rings. The Morgan fingerprint density at radius 3 is 2.76 bits per heavy atom. The Kier molecular flexibility index (Phi) is 3.84. The fourth-order valence-corrected chi connectivity index (χ4v) is 3.52. The van der Waals surface area contributed by atoms with Gasteiger partial charge in [0.1, 0.15) is 5.69 Å². The van der Waals surface area contributed by atoms with Gasteiger partial charge in [-0.25, -0.2) is 9.97 Å². The molecule has 0 aliphatic carbocycles. The van der Waals surface area contributed by atoms with Gasteiger partial charge in [0.05, 0.1) is 5.52 Å². The number of amides is 1. The first-order chi connectivity index (χ1) is 12.1. The van der Waals surface area contributed by atoms with E-state index >= 15 is 0 Å². The van der Waals surface area contributed by atoms with Gasteiger partial charge in [-0.15, -0.1) is 0 Å². The van der Waals surface area contributed by atoms with Gasteiger partial charge >= 0.3 is 0 Å². The molecule has 1 saturated heterocycles. The largest absolute Gasteiger partial charge is 0.368 e. The van der Waals surface area contributed by atoms with E-state index < -0.39 is 0 Å². The highest BCUT2D eigenvalue weighted by Crippen LogP contribution is 2.29. The van der Waals surface area contributed by atoms with Crippen LogP contribution in [-0.2, 0) is 0 Å². The molecule has 1 atom stereocenters. The number of aromatic nitrogens is 2. The van der Waals surface area contributed by atoms with E-state index in [0.717, 1.165) is 23.9 Å². The Hall–Kier alpha value is -2.95.